The summed E-state index contributed by atoms with van der Waals surface area (Å²) in [6, 6.07) is 6.11. The molecule has 0 aliphatic carbocycles. The second-order valence-electron chi connectivity index (χ2n) is 5.02. The van der Waals surface area contributed by atoms with Crippen LogP contribution >= 0.6 is 23.2 Å². The molecule has 0 amide bonds. The van der Waals surface area contributed by atoms with E-state index in [9.17, 15) is 18.0 Å². The Kier molecular flexibility index (Phi) is 4.59. The maximum absolute atomic E-state index is 13.2. The van der Waals surface area contributed by atoms with Gasteiger partial charge in [-0.3, -0.25) is 0 Å². The quantitative estimate of drug-likeness (QED) is 0.703. The summed E-state index contributed by atoms with van der Waals surface area (Å²) in [5, 5.41) is 12.9. The molecule has 0 atom stereocenters. The van der Waals surface area contributed by atoms with Crippen molar-refractivity contribution in [3.05, 3.63) is 58.0 Å². The lowest BCUT2D eigenvalue weighted by molar-refractivity contribution is -0.141. The largest absolute Gasteiger partial charge is 0.476 e. The maximum Gasteiger partial charge on any atom is 0.433 e. The molecule has 0 aliphatic rings. The lowest BCUT2D eigenvalue weighted by Gasteiger charge is -2.11. The monoisotopic (exact) mass is 402 g/mol. The number of hydrogen-bond acceptors (Lipinski definition) is 4. The number of aromatic nitrogens is 4. The predicted octanol–water partition coefficient (Wildman–Crippen LogP) is 4.35. The zero-order chi connectivity index (χ0) is 19.1. The van der Waals surface area contributed by atoms with Crippen LogP contribution in [0.5, 0.6) is 0 Å². The molecule has 6 nitrogen and oxygen atoms in total. The van der Waals surface area contributed by atoms with E-state index in [1.54, 1.807) is 0 Å². The SMILES string of the molecule is O=C(O)c1ccn(-c2nc(-c3ccc(Cl)c(Cl)c3)cc(C(F)(F)F)n2)n1. The molecule has 1 aromatic carbocycles. The molecule has 1 N–H and O–H groups in total. The number of aromatic carboxylic acids is 1. The van der Waals surface area contributed by atoms with E-state index in [-0.39, 0.29) is 27.0 Å². The Morgan fingerprint density at radius 1 is 1.08 bits per heavy atom. The fourth-order valence-electron chi connectivity index (χ4n) is 2.03. The molecule has 2 aromatic heterocycles. The van der Waals surface area contributed by atoms with Gasteiger partial charge in [-0.25, -0.2) is 19.4 Å². The van der Waals surface area contributed by atoms with Gasteiger partial charge in [0, 0.05) is 11.8 Å². The summed E-state index contributed by atoms with van der Waals surface area (Å²) in [5.74, 6) is -1.77. The first-order chi connectivity index (χ1) is 12.1. The third-order valence-corrected chi connectivity index (χ3v) is 3.97. The van der Waals surface area contributed by atoms with Crippen LogP contribution in [0.15, 0.2) is 36.5 Å². The summed E-state index contributed by atoms with van der Waals surface area (Å²) in [4.78, 5) is 18.4. The summed E-state index contributed by atoms with van der Waals surface area (Å²) < 4.78 is 40.4. The van der Waals surface area contributed by atoms with Gasteiger partial charge in [-0.15, -0.1) is 0 Å². The molecular weight excluding hydrogens is 396 g/mol. The lowest BCUT2D eigenvalue weighted by atomic mass is 10.1. The van der Waals surface area contributed by atoms with Crippen molar-refractivity contribution in [1.82, 2.24) is 19.7 Å². The van der Waals surface area contributed by atoms with Gasteiger partial charge < -0.3 is 5.11 Å². The van der Waals surface area contributed by atoms with Gasteiger partial charge in [0.25, 0.3) is 5.95 Å². The van der Waals surface area contributed by atoms with Crippen LogP contribution in [-0.4, -0.2) is 30.8 Å². The van der Waals surface area contributed by atoms with E-state index in [4.69, 9.17) is 28.3 Å². The number of carbonyl (C=O) groups is 1. The van der Waals surface area contributed by atoms with E-state index in [0.29, 0.717) is 0 Å². The number of rotatable bonds is 3. The number of carboxylic acid groups (broad SMARTS) is 1. The fraction of sp³-hybridized carbons (Fsp3) is 0.0667. The minimum Gasteiger partial charge on any atom is -0.476 e. The average Bonchev–Trinajstić information content (AvgIpc) is 3.06. The first-order valence-electron chi connectivity index (χ1n) is 6.86. The number of carboxylic acids is 1. The highest BCUT2D eigenvalue weighted by Gasteiger charge is 2.34. The van der Waals surface area contributed by atoms with Gasteiger partial charge in [0.1, 0.15) is 0 Å². The van der Waals surface area contributed by atoms with E-state index in [0.717, 1.165) is 23.0 Å². The van der Waals surface area contributed by atoms with E-state index in [2.05, 4.69) is 15.1 Å². The molecule has 0 saturated heterocycles. The van der Waals surface area contributed by atoms with Gasteiger partial charge in [0.15, 0.2) is 11.4 Å². The topological polar surface area (TPSA) is 80.9 Å². The van der Waals surface area contributed by atoms with Crippen molar-refractivity contribution >= 4 is 29.2 Å². The number of alkyl halides is 3. The Balaban J connectivity index is 2.18. The molecule has 0 fully saturated rings. The van der Waals surface area contributed by atoms with Crippen LogP contribution < -0.4 is 0 Å². The molecule has 0 bridgehead atoms. The molecule has 0 radical (unpaired) electrons. The summed E-state index contributed by atoms with van der Waals surface area (Å²) in [6.45, 7) is 0. The van der Waals surface area contributed by atoms with E-state index >= 15 is 0 Å². The molecule has 0 spiro atoms. The summed E-state index contributed by atoms with van der Waals surface area (Å²) >= 11 is 11.7. The van der Waals surface area contributed by atoms with Crippen LogP contribution in [0.3, 0.4) is 0 Å². The third-order valence-electron chi connectivity index (χ3n) is 3.23. The summed E-state index contributed by atoms with van der Waals surface area (Å²) in [7, 11) is 0. The molecule has 3 rings (SSSR count). The molecule has 0 unspecified atom stereocenters. The van der Waals surface area contributed by atoms with Gasteiger partial charge in [-0.05, 0) is 24.3 Å². The Morgan fingerprint density at radius 3 is 2.38 bits per heavy atom. The normalized spacial score (nSPS) is 11.6. The number of nitrogens with zero attached hydrogens (tertiary/aromatic N) is 4. The van der Waals surface area contributed by atoms with E-state index in [1.807, 2.05) is 0 Å². The van der Waals surface area contributed by atoms with Crippen LogP contribution in [0.25, 0.3) is 17.2 Å². The Labute approximate surface area is 153 Å². The minimum atomic E-state index is -4.74. The van der Waals surface area contributed by atoms with Crippen LogP contribution in [0, 0.1) is 0 Å². The Hall–Kier alpha value is -2.65. The third kappa shape index (κ3) is 3.63. The second-order valence-corrected chi connectivity index (χ2v) is 5.83. The highest BCUT2D eigenvalue weighted by Crippen LogP contribution is 2.32. The van der Waals surface area contributed by atoms with Crippen molar-refractivity contribution in [3.63, 3.8) is 0 Å². The summed E-state index contributed by atoms with van der Waals surface area (Å²) in [5.41, 5.74) is -1.37. The van der Waals surface area contributed by atoms with Crippen LogP contribution in [0.1, 0.15) is 16.2 Å². The number of hydrogen-bond donors (Lipinski definition) is 1. The molecule has 0 aliphatic heterocycles. The van der Waals surface area contributed by atoms with E-state index < -0.39 is 23.8 Å². The van der Waals surface area contributed by atoms with Gasteiger partial charge in [-0.1, -0.05) is 29.3 Å². The van der Waals surface area contributed by atoms with Gasteiger partial charge in [0.2, 0.25) is 0 Å². The van der Waals surface area contributed by atoms with Crippen molar-refractivity contribution in [2.75, 3.05) is 0 Å². The smallest absolute Gasteiger partial charge is 0.433 e. The zero-order valence-electron chi connectivity index (χ0n) is 12.5. The first-order valence-corrected chi connectivity index (χ1v) is 7.62. The standard InChI is InChI=1S/C15H7Cl2F3N4O2/c16-8-2-1-7(5-9(8)17)11-6-12(15(18,19)20)22-14(21-11)24-4-3-10(23-24)13(25)26/h1-6H,(H,25,26). The predicted molar refractivity (Wildman–Crippen MR) is 86.6 cm³/mol. The highest BCUT2D eigenvalue weighted by molar-refractivity contribution is 6.42. The average molecular weight is 403 g/mol. The van der Waals surface area contributed by atoms with Crippen LogP contribution in [0.2, 0.25) is 10.0 Å². The van der Waals surface area contributed by atoms with Gasteiger partial charge in [0.05, 0.1) is 15.7 Å². The minimum absolute atomic E-state index is 0.0757. The molecule has 11 heteroatoms. The lowest BCUT2D eigenvalue weighted by Crippen LogP contribution is -2.13. The highest BCUT2D eigenvalue weighted by atomic mass is 35.5. The van der Waals surface area contributed by atoms with Crippen molar-refractivity contribution in [3.8, 4) is 17.2 Å². The van der Waals surface area contributed by atoms with Crippen molar-refractivity contribution in [2.45, 2.75) is 6.18 Å². The molecule has 3 aromatic rings. The molecule has 134 valence electrons. The Morgan fingerprint density at radius 2 is 1.81 bits per heavy atom. The molecule has 26 heavy (non-hydrogen) atoms. The number of halogens is 5. The van der Waals surface area contributed by atoms with Crippen LogP contribution in [-0.2, 0) is 6.18 Å². The fourth-order valence-corrected chi connectivity index (χ4v) is 2.33. The van der Waals surface area contributed by atoms with Crippen molar-refractivity contribution in [2.24, 2.45) is 0 Å². The molecular formula is C15H7Cl2F3N4O2. The first kappa shape index (κ1) is 18.2. The van der Waals surface area contributed by atoms with Crippen LogP contribution in [0.4, 0.5) is 13.2 Å². The molecule has 0 saturated carbocycles. The van der Waals surface area contributed by atoms with Crippen molar-refractivity contribution in [1.29, 1.82) is 0 Å². The van der Waals surface area contributed by atoms with Gasteiger partial charge >= 0.3 is 12.1 Å². The number of benzene rings is 1. The Bertz CT molecular complexity index is 1000. The van der Waals surface area contributed by atoms with Crippen molar-refractivity contribution < 1.29 is 23.1 Å². The second kappa shape index (κ2) is 6.58. The van der Waals surface area contributed by atoms with E-state index in [1.165, 1.54) is 18.2 Å². The summed E-state index contributed by atoms with van der Waals surface area (Å²) in [6.07, 6.45) is -3.59. The maximum atomic E-state index is 13.2. The van der Waals surface area contributed by atoms with Gasteiger partial charge in [-0.2, -0.15) is 18.3 Å². The zero-order valence-corrected chi connectivity index (χ0v) is 14.0. The molecule has 2 heterocycles.